The number of rotatable bonds is 4. The zero-order valence-electron chi connectivity index (χ0n) is 12.6. The highest BCUT2D eigenvalue weighted by Gasteiger charge is 2.25. The van der Waals surface area contributed by atoms with Crippen LogP contribution < -0.4 is 11.1 Å². The number of hydrogen-bond acceptors (Lipinski definition) is 3. The van der Waals surface area contributed by atoms with Crippen molar-refractivity contribution >= 4 is 5.91 Å². The van der Waals surface area contributed by atoms with Crippen molar-refractivity contribution in [3.05, 3.63) is 35.4 Å². The second kappa shape index (κ2) is 6.58. The summed E-state index contributed by atoms with van der Waals surface area (Å²) in [5.41, 5.74) is 8.26. The summed E-state index contributed by atoms with van der Waals surface area (Å²) < 4.78 is 0. The number of carbonyl (C=O) groups is 1. The lowest BCUT2D eigenvalue weighted by Crippen LogP contribution is -2.46. The van der Waals surface area contributed by atoms with Gasteiger partial charge in [-0.2, -0.15) is 0 Å². The molecule has 1 saturated heterocycles. The largest absolute Gasteiger partial charge is 0.369 e. The molecule has 1 fully saturated rings. The van der Waals surface area contributed by atoms with E-state index in [9.17, 15) is 4.79 Å². The molecule has 0 radical (unpaired) electrons. The molecule has 3 rings (SSSR count). The molecule has 1 aromatic carbocycles. The van der Waals surface area contributed by atoms with E-state index in [1.54, 1.807) is 0 Å². The summed E-state index contributed by atoms with van der Waals surface area (Å²) in [7, 11) is 0. The molecule has 1 heterocycles. The number of aryl methyl sites for hydroxylation is 1. The smallest absolute Gasteiger partial charge is 0.231 e. The highest BCUT2D eigenvalue weighted by atomic mass is 16.1. The molecule has 0 aromatic heterocycles. The number of nitrogens with one attached hydrogen (secondary N) is 1. The van der Waals surface area contributed by atoms with Gasteiger partial charge in [0.1, 0.15) is 0 Å². The van der Waals surface area contributed by atoms with E-state index in [-0.39, 0.29) is 5.91 Å². The number of benzene rings is 1. The van der Waals surface area contributed by atoms with E-state index >= 15 is 0 Å². The third-order valence-corrected chi connectivity index (χ3v) is 4.77. The summed E-state index contributed by atoms with van der Waals surface area (Å²) >= 11 is 0. The standard InChI is InChI=1S/C17H25N3O/c18-17(21)12-20-10-8-14(9-11-20)19-16-7-3-5-13-4-1-2-6-15(13)16/h1-2,4,6,14,16,19H,3,5,7-12H2,(H2,18,21). The van der Waals surface area contributed by atoms with Crippen molar-refractivity contribution < 1.29 is 4.79 Å². The van der Waals surface area contributed by atoms with Gasteiger partial charge in [0.15, 0.2) is 0 Å². The zero-order valence-corrected chi connectivity index (χ0v) is 12.6. The van der Waals surface area contributed by atoms with E-state index < -0.39 is 0 Å². The van der Waals surface area contributed by atoms with Crippen LogP contribution >= 0.6 is 0 Å². The summed E-state index contributed by atoms with van der Waals surface area (Å²) in [5.74, 6) is -0.220. The number of piperidine rings is 1. The van der Waals surface area contributed by atoms with Crippen LogP contribution in [0.3, 0.4) is 0 Å². The molecule has 2 aliphatic rings. The second-order valence-electron chi connectivity index (χ2n) is 6.33. The minimum absolute atomic E-state index is 0.220. The molecule has 1 aromatic rings. The summed E-state index contributed by atoms with van der Waals surface area (Å²) in [6, 6.07) is 9.89. The van der Waals surface area contributed by atoms with Crippen molar-refractivity contribution in [2.45, 2.75) is 44.2 Å². The molecular formula is C17H25N3O. The Bertz CT molecular complexity index is 495. The van der Waals surface area contributed by atoms with Gasteiger partial charge in [0, 0.05) is 25.2 Å². The number of likely N-dealkylation sites (tertiary alicyclic amines) is 1. The van der Waals surface area contributed by atoms with Crippen molar-refractivity contribution in [1.82, 2.24) is 10.2 Å². The molecule has 4 nitrogen and oxygen atoms in total. The monoisotopic (exact) mass is 287 g/mol. The fraction of sp³-hybridized carbons (Fsp3) is 0.588. The number of hydrogen-bond donors (Lipinski definition) is 2. The van der Waals surface area contributed by atoms with Crippen molar-refractivity contribution in [3.8, 4) is 0 Å². The Morgan fingerprint density at radius 3 is 2.76 bits per heavy atom. The van der Waals surface area contributed by atoms with Gasteiger partial charge < -0.3 is 11.1 Å². The van der Waals surface area contributed by atoms with Crippen LogP contribution in [0.5, 0.6) is 0 Å². The fourth-order valence-electron chi connectivity index (χ4n) is 3.69. The lowest BCUT2D eigenvalue weighted by Gasteiger charge is -2.35. The van der Waals surface area contributed by atoms with E-state index in [1.807, 2.05) is 0 Å². The van der Waals surface area contributed by atoms with Crippen LogP contribution in [0.4, 0.5) is 0 Å². The van der Waals surface area contributed by atoms with Gasteiger partial charge in [0.2, 0.25) is 5.91 Å². The summed E-state index contributed by atoms with van der Waals surface area (Å²) in [5, 5.41) is 3.85. The maximum Gasteiger partial charge on any atom is 0.231 e. The first-order valence-electron chi connectivity index (χ1n) is 8.07. The fourth-order valence-corrected chi connectivity index (χ4v) is 3.69. The van der Waals surface area contributed by atoms with Crippen LogP contribution in [0.25, 0.3) is 0 Å². The Morgan fingerprint density at radius 2 is 2.00 bits per heavy atom. The summed E-state index contributed by atoms with van der Waals surface area (Å²) in [6.07, 6.45) is 5.93. The molecule has 0 saturated carbocycles. The predicted octanol–water partition coefficient (Wildman–Crippen LogP) is 1.60. The Balaban J connectivity index is 1.56. The molecule has 1 aliphatic heterocycles. The van der Waals surface area contributed by atoms with Gasteiger partial charge in [-0.05, 0) is 43.2 Å². The van der Waals surface area contributed by atoms with E-state index in [0.717, 1.165) is 25.9 Å². The summed E-state index contributed by atoms with van der Waals surface area (Å²) in [4.78, 5) is 13.1. The Morgan fingerprint density at radius 1 is 1.24 bits per heavy atom. The van der Waals surface area contributed by atoms with Gasteiger partial charge in [-0.1, -0.05) is 24.3 Å². The normalized spacial score (nSPS) is 23.7. The highest BCUT2D eigenvalue weighted by molar-refractivity contribution is 5.75. The van der Waals surface area contributed by atoms with Crippen LogP contribution in [-0.4, -0.2) is 36.5 Å². The molecule has 114 valence electrons. The number of carbonyl (C=O) groups excluding carboxylic acids is 1. The van der Waals surface area contributed by atoms with Crippen LogP contribution in [0, 0.1) is 0 Å². The third-order valence-electron chi connectivity index (χ3n) is 4.77. The van der Waals surface area contributed by atoms with Gasteiger partial charge in [0.25, 0.3) is 0 Å². The Kier molecular flexibility index (Phi) is 4.56. The van der Waals surface area contributed by atoms with Crippen molar-refractivity contribution in [2.24, 2.45) is 5.73 Å². The topological polar surface area (TPSA) is 58.4 Å². The minimum Gasteiger partial charge on any atom is -0.369 e. The first kappa shape index (κ1) is 14.5. The van der Waals surface area contributed by atoms with E-state index in [2.05, 4.69) is 34.5 Å². The first-order valence-corrected chi connectivity index (χ1v) is 8.07. The van der Waals surface area contributed by atoms with Crippen molar-refractivity contribution in [2.75, 3.05) is 19.6 Å². The maximum atomic E-state index is 11.0. The zero-order chi connectivity index (χ0) is 14.7. The summed E-state index contributed by atoms with van der Waals surface area (Å²) in [6.45, 7) is 2.34. The molecule has 0 bridgehead atoms. The Labute approximate surface area is 126 Å². The van der Waals surface area contributed by atoms with Crippen LogP contribution in [-0.2, 0) is 11.2 Å². The SMILES string of the molecule is NC(=O)CN1CCC(NC2CCCc3ccccc32)CC1. The number of nitrogens with two attached hydrogens (primary N) is 1. The van der Waals surface area contributed by atoms with Crippen LogP contribution in [0.15, 0.2) is 24.3 Å². The Hall–Kier alpha value is -1.39. The average molecular weight is 287 g/mol. The molecule has 0 spiro atoms. The van der Waals surface area contributed by atoms with Gasteiger partial charge in [-0.25, -0.2) is 0 Å². The van der Waals surface area contributed by atoms with Crippen LogP contribution in [0.1, 0.15) is 42.9 Å². The van der Waals surface area contributed by atoms with E-state index in [0.29, 0.717) is 18.6 Å². The van der Waals surface area contributed by atoms with Gasteiger partial charge in [-0.3, -0.25) is 9.69 Å². The van der Waals surface area contributed by atoms with Crippen LogP contribution in [0.2, 0.25) is 0 Å². The molecule has 4 heteroatoms. The predicted molar refractivity (Wildman–Crippen MR) is 83.9 cm³/mol. The van der Waals surface area contributed by atoms with E-state index in [1.165, 1.54) is 30.4 Å². The molecule has 1 aliphatic carbocycles. The quantitative estimate of drug-likeness (QED) is 0.884. The first-order chi connectivity index (χ1) is 10.2. The lowest BCUT2D eigenvalue weighted by molar-refractivity contribution is -0.119. The van der Waals surface area contributed by atoms with E-state index in [4.69, 9.17) is 5.73 Å². The minimum atomic E-state index is -0.220. The lowest BCUT2D eigenvalue weighted by atomic mass is 9.87. The molecule has 1 amide bonds. The molecule has 1 atom stereocenters. The van der Waals surface area contributed by atoms with Gasteiger partial charge in [0.05, 0.1) is 6.54 Å². The number of nitrogens with zero attached hydrogens (tertiary/aromatic N) is 1. The average Bonchev–Trinajstić information content (AvgIpc) is 2.49. The second-order valence-corrected chi connectivity index (χ2v) is 6.33. The number of amides is 1. The molecule has 21 heavy (non-hydrogen) atoms. The number of fused-ring (bicyclic) bond motifs is 1. The highest BCUT2D eigenvalue weighted by Crippen LogP contribution is 2.30. The molecule has 3 N–H and O–H groups in total. The van der Waals surface area contributed by atoms with Crippen molar-refractivity contribution in [1.29, 1.82) is 0 Å². The maximum absolute atomic E-state index is 11.0. The van der Waals surface area contributed by atoms with Gasteiger partial charge >= 0.3 is 0 Å². The number of primary amides is 1. The van der Waals surface area contributed by atoms with Crippen molar-refractivity contribution in [3.63, 3.8) is 0 Å². The molecular weight excluding hydrogens is 262 g/mol. The van der Waals surface area contributed by atoms with Gasteiger partial charge in [-0.15, -0.1) is 0 Å². The third kappa shape index (κ3) is 3.63. The molecule has 1 unspecified atom stereocenters.